The van der Waals surface area contributed by atoms with Gasteiger partial charge in [-0.1, -0.05) is 0 Å². The third-order valence-corrected chi connectivity index (χ3v) is 2.81. The highest BCUT2D eigenvalue weighted by Gasteiger charge is 2.00. The third-order valence-electron chi connectivity index (χ3n) is 1.49. The summed E-state index contributed by atoms with van der Waals surface area (Å²) in [5, 5.41) is 6.40. The highest BCUT2D eigenvalue weighted by molar-refractivity contribution is 7.85. The van der Waals surface area contributed by atoms with Crippen molar-refractivity contribution in [2.24, 2.45) is 0 Å². The molecule has 3 nitrogen and oxygen atoms in total. The van der Waals surface area contributed by atoms with E-state index in [1.165, 1.54) is 0 Å². The van der Waals surface area contributed by atoms with E-state index in [9.17, 15) is 4.21 Å². The summed E-state index contributed by atoms with van der Waals surface area (Å²) < 4.78 is 11.0. The second-order valence-electron chi connectivity index (χ2n) is 2.35. The van der Waals surface area contributed by atoms with E-state index < -0.39 is 10.8 Å². The van der Waals surface area contributed by atoms with Gasteiger partial charge in [0.15, 0.2) is 0 Å². The SMILES string of the molecule is O=S1CCNCCNCC1. The molecule has 0 aromatic rings. The lowest BCUT2D eigenvalue weighted by molar-refractivity contribution is 0.652. The van der Waals surface area contributed by atoms with Crippen LogP contribution in [0.15, 0.2) is 0 Å². The molecule has 60 valence electrons. The molecule has 4 heteroatoms. The van der Waals surface area contributed by atoms with Gasteiger partial charge in [0.2, 0.25) is 0 Å². The van der Waals surface area contributed by atoms with E-state index in [2.05, 4.69) is 10.6 Å². The van der Waals surface area contributed by atoms with Crippen molar-refractivity contribution < 1.29 is 4.21 Å². The Kier molecular flexibility index (Phi) is 3.94. The normalized spacial score (nSPS) is 24.8. The first kappa shape index (κ1) is 8.17. The average Bonchev–Trinajstić information content (AvgIpc) is 2.02. The summed E-state index contributed by atoms with van der Waals surface area (Å²) in [5.74, 6) is 1.61. The Balaban J connectivity index is 2.21. The van der Waals surface area contributed by atoms with Crippen LogP contribution >= 0.6 is 0 Å². The van der Waals surface area contributed by atoms with E-state index in [4.69, 9.17) is 0 Å². The van der Waals surface area contributed by atoms with E-state index in [0.29, 0.717) is 0 Å². The second kappa shape index (κ2) is 4.82. The molecule has 1 aliphatic rings. The molecule has 0 radical (unpaired) electrons. The Labute approximate surface area is 64.0 Å². The van der Waals surface area contributed by atoms with Gasteiger partial charge in [-0.3, -0.25) is 4.21 Å². The summed E-state index contributed by atoms with van der Waals surface area (Å²) in [4.78, 5) is 0. The molecule has 1 rings (SSSR count). The zero-order valence-corrected chi connectivity index (χ0v) is 6.88. The molecule has 1 fully saturated rings. The molecule has 2 N–H and O–H groups in total. The molecule has 0 atom stereocenters. The maximum atomic E-state index is 11.0. The molecule has 0 aromatic carbocycles. The van der Waals surface area contributed by atoms with Crippen molar-refractivity contribution in [3.63, 3.8) is 0 Å². The van der Waals surface area contributed by atoms with E-state index in [1.807, 2.05) is 0 Å². The number of nitrogens with one attached hydrogen (secondary N) is 2. The van der Waals surface area contributed by atoms with Crippen LogP contribution in [0.2, 0.25) is 0 Å². The Morgan fingerprint density at radius 1 is 0.900 bits per heavy atom. The Hall–Kier alpha value is 0.0700. The van der Waals surface area contributed by atoms with Crippen molar-refractivity contribution in [3.05, 3.63) is 0 Å². The van der Waals surface area contributed by atoms with Crippen molar-refractivity contribution in [3.8, 4) is 0 Å². The molecule has 0 aromatic heterocycles. The largest absolute Gasteiger partial charge is 0.315 e. The third kappa shape index (κ3) is 3.29. The average molecular weight is 162 g/mol. The lowest BCUT2D eigenvalue weighted by atomic mass is 10.6. The van der Waals surface area contributed by atoms with Crippen LogP contribution in [0.3, 0.4) is 0 Å². The minimum atomic E-state index is -0.605. The lowest BCUT2D eigenvalue weighted by Crippen LogP contribution is -2.27. The zero-order valence-electron chi connectivity index (χ0n) is 6.06. The van der Waals surface area contributed by atoms with Gasteiger partial charge in [0, 0.05) is 48.5 Å². The highest BCUT2D eigenvalue weighted by atomic mass is 32.2. The van der Waals surface area contributed by atoms with Crippen LogP contribution in [-0.2, 0) is 10.8 Å². The standard InChI is InChI=1S/C6H14N2OS/c9-10-5-3-7-1-2-8-4-6-10/h7-8H,1-6H2. The molecule has 0 amide bonds. The smallest absolute Gasteiger partial charge is 0.0360 e. The van der Waals surface area contributed by atoms with Crippen LogP contribution < -0.4 is 10.6 Å². The van der Waals surface area contributed by atoms with Crippen LogP contribution in [0.4, 0.5) is 0 Å². The minimum Gasteiger partial charge on any atom is -0.315 e. The van der Waals surface area contributed by atoms with Crippen LogP contribution in [0, 0.1) is 0 Å². The van der Waals surface area contributed by atoms with Gasteiger partial charge in [0.05, 0.1) is 0 Å². The molecule has 1 aliphatic heterocycles. The number of hydrogen-bond donors (Lipinski definition) is 2. The summed E-state index contributed by atoms with van der Waals surface area (Å²) in [6.07, 6.45) is 0. The predicted molar refractivity (Wildman–Crippen MR) is 43.6 cm³/mol. The monoisotopic (exact) mass is 162 g/mol. The van der Waals surface area contributed by atoms with Crippen LogP contribution in [-0.4, -0.2) is 41.9 Å². The minimum absolute atomic E-state index is 0.605. The Morgan fingerprint density at radius 2 is 1.40 bits per heavy atom. The predicted octanol–water partition coefficient (Wildman–Crippen LogP) is -1.07. The van der Waals surface area contributed by atoms with Gasteiger partial charge >= 0.3 is 0 Å². The van der Waals surface area contributed by atoms with Gasteiger partial charge in [0.1, 0.15) is 0 Å². The van der Waals surface area contributed by atoms with Crippen LogP contribution in [0.5, 0.6) is 0 Å². The number of hydrogen-bond acceptors (Lipinski definition) is 3. The van der Waals surface area contributed by atoms with E-state index >= 15 is 0 Å². The molecule has 0 bridgehead atoms. The summed E-state index contributed by atoms with van der Waals surface area (Å²) in [6.45, 7) is 3.79. The van der Waals surface area contributed by atoms with E-state index in [1.54, 1.807) is 0 Å². The highest BCUT2D eigenvalue weighted by Crippen LogP contribution is 1.81. The summed E-state index contributed by atoms with van der Waals surface area (Å²) >= 11 is 0. The van der Waals surface area contributed by atoms with E-state index in [-0.39, 0.29) is 0 Å². The zero-order chi connectivity index (χ0) is 7.23. The van der Waals surface area contributed by atoms with Crippen LogP contribution in [0.25, 0.3) is 0 Å². The van der Waals surface area contributed by atoms with Crippen LogP contribution in [0.1, 0.15) is 0 Å². The van der Waals surface area contributed by atoms with Gasteiger partial charge in [-0.2, -0.15) is 0 Å². The first-order valence-electron chi connectivity index (χ1n) is 3.66. The molecule has 0 unspecified atom stereocenters. The van der Waals surface area contributed by atoms with Gasteiger partial charge in [-0.25, -0.2) is 0 Å². The lowest BCUT2D eigenvalue weighted by Gasteiger charge is -1.99. The molecule has 10 heavy (non-hydrogen) atoms. The molecule has 1 heterocycles. The van der Waals surface area contributed by atoms with Gasteiger partial charge < -0.3 is 10.6 Å². The molecule has 0 saturated carbocycles. The topological polar surface area (TPSA) is 41.1 Å². The molecule has 0 aliphatic carbocycles. The van der Waals surface area contributed by atoms with Crippen molar-refractivity contribution in [2.75, 3.05) is 37.7 Å². The van der Waals surface area contributed by atoms with Crippen molar-refractivity contribution in [1.29, 1.82) is 0 Å². The van der Waals surface area contributed by atoms with Crippen molar-refractivity contribution >= 4 is 10.8 Å². The van der Waals surface area contributed by atoms with Gasteiger partial charge in [0.25, 0.3) is 0 Å². The first-order chi connectivity index (χ1) is 4.89. The Bertz CT molecular complexity index is 106. The molecular weight excluding hydrogens is 148 g/mol. The second-order valence-corrected chi connectivity index (χ2v) is 4.04. The maximum absolute atomic E-state index is 11.0. The summed E-state index contributed by atoms with van der Waals surface area (Å²) in [5.41, 5.74) is 0. The fraction of sp³-hybridized carbons (Fsp3) is 1.00. The van der Waals surface area contributed by atoms with Gasteiger partial charge in [-0.05, 0) is 0 Å². The fourth-order valence-electron chi connectivity index (χ4n) is 0.901. The van der Waals surface area contributed by atoms with E-state index in [0.717, 1.165) is 37.7 Å². The fourth-order valence-corrected chi connectivity index (χ4v) is 1.85. The maximum Gasteiger partial charge on any atom is 0.0360 e. The molecule has 1 saturated heterocycles. The van der Waals surface area contributed by atoms with Crippen molar-refractivity contribution in [2.45, 2.75) is 0 Å². The molecule has 0 spiro atoms. The quantitative estimate of drug-likeness (QED) is 0.476. The van der Waals surface area contributed by atoms with Crippen molar-refractivity contribution in [1.82, 2.24) is 10.6 Å². The number of rotatable bonds is 0. The summed E-state index contributed by atoms with van der Waals surface area (Å²) in [6, 6.07) is 0. The molecular formula is C6H14N2OS. The van der Waals surface area contributed by atoms with Gasteiger partial charge in [-0.15, -0.1) is 0 Å². The summed E-state index contributed by atoms with van der Waals surface area (Å²) in [7, 11) is -0.605. The Morgan fingerprint density at radius 3 is 1.90 bits per heavy atom. The first-order valence-corrected chi connectivity index (χ1v) is 5.15.